The van der Waals surface area contributed by atoms with Crippen LogP contribution in [0.5, 0.6) is 5.75 Å². The molecule has 0 heterocycles. The Labute approximate surface area is 105 Å². The molecule has 0 aliphatic heterocycles. The van der Waals surface area contributed by atoms with Crippen molar-refractivity contribution in [3.8, 4) is 5.75 Å². The van der Waals surface area contributed by atoms with Crippen LogP contribution >= 0.6 is 11.6 Å². The van der Waals surface area contributed by atoms with Crippen LogP contribution in [0.25, 0.3) is 6.08 Å². The maximum absolute atomic E-state index is 10.5. The van der Waals surface area contributed by atoms with Crippen molar-refractivity contribution in [2.75, 3.05) is 6.61 Å². The molecule has 0 saturated heterocycles. The van der Waals surface area contributed by atoms with Crippen LogP contribution in [0.2, 0.25) is 5.02 Å². The number of halogens is 1. The standard InChI is InChI=1S/C13H13ClO3/c1-2-3-8-17-12-6-5-11(14)9-10(12)4-7-13(15)16/h2-7,9H,8H2,1H3,(H,15,16)/b3-2+,7-4+. The fourth-order valence-corrected chi connectivity index (χ4v) is 1.36. The summed E-state index contributed by atoms with van der Waals surface area (Å²) in [5.41, 5.74) is 0.643. The van der Waals surface area contributed by atoms with E-state index in [4.69, 9.17) is 21.4 Å². The van der Waals surface area contributed by atoms with Gasteiger partial charge in [0.25, 0.3) is 0 Å². The number of carboxylic acid groups (broad SMARTS) is 1. The second-order valence-electron chi connectivity index (χ2n) is 3.23. The molecule has 0 aromatic heterocycles. The molecule has 0 unspecified atom stereocenters. The highest BCUT2D eigenvalue weighted by Crippen LogP contribution is 2.24. The Morgan fingerprint density at radius 3 is 2.94 bits per heavy atom. The lowest BCUT2D eigenvalue weighted by atomic mass is 10.2. The molecule has 0 saturated carbocycles. The Bertz CT molecular complexity index is 450. The van der Waals surface area contributed by atoms with Crippen LogP contribution < -0.4 is 4.74 Å². The third-order valence-electron chi connectivity index (χ3n) is 1.95. The second-order valence-corrected chi connectivity index (χ2v) is 3.67. The molecule has 3 nitrogen and oxygen atoms in total. The quantitative estimate of drug-likeness (QED) is 0.645. The lowest BCUT2D eigenvalue weighted by molar-refractivity contribution is -0.131. The number of ether oxygens (including phenoxy) is 1. The number of rotatable bonds is 5. The molecule has 0 radical (unpaired) electrons. The van der Waals surface area contributed by atoms with Gasteiger partial charge in [0.15, 0.2) is 0 Å². The third kappa shape index (κ3) is 4.74. The SMILES string of the molecule is C/C=C/COc1ccc(Cl)cc1/C=C/C(=O)O. The first-order valence-corrected chi connectivity index (χ1v) is 5.46. The maximum Gasteiger partial charge on any atom is 0.328 e. The Morgan fingerprint density at radius 1 is 1.53 bits per heavy atom. The summed E-state index contributed by atoms with van der Waals surface area (Å²) in [6, 6.07) is 5.07. The summed E-state index contributed by atoms with van der Waals surface area (Å²) in [4.78, 5) is 10.5. The highest BCUT2D eigenvalue weighted by Gasteiger charge is 2.02. The molecule has 1 N–H and O–H groups in total. The van der Waals surface area contributed by atoms with Gasteiger partial charge in [0, 0.05) is 16.7 Å². The van der Waals surface area contributed by atoms with E-state index in [2.05, 4.69) is 0 Å². The maximum atomic E-state index is 10.5. The molecule has 1 rings (SSSR count). The van der Waals surface area contributed by atoms with Gasteiger partial charge in [-0.25, -0.2) is 4.79 Å². The topological polar surface area (TPSA) is 46.5 Å². The van der Waals surface area contributed by atoms with Gasteiger partial charge in [-0.15, -0.1) is 0 Å². The van der Waals surface area contributed by atoms with Crippen molar-refractivity contribution in [2.45, 2.75) is 6.92 Å². The lowest BCUT2D eigenvalue weighted by Crippen LogP contribution is -1.95. The van der Waals surface area contributed by atoms with Crippen molar-refractivity contribution in [2.24, 2.45) is 0 Å². The zero-order chi connectivity index (χ0) is 12.7. The summed E-state index contributed by atoms with van der Waals surface area (Å²) >= 11 is 5.84. The first-order valence-electron chi connectivity index (χ1n) is 5.08. The van der Waals surface area contributed by atoms with Crippen LogP contribution in [-0.4, -0.2) is 17.7 Å². The van der Waals surface area contributed by atoms with E-state index in [1.54, 1.807) is 18.2 Å². The molecule has 1 aromatic carbocycles. The van der Waals surface area contributed by atoms with Crippen LogP contribution in [0.3, 0.4) is 0 Å². The van der Waals surface area contributed by atoms with E-state index in [9.17, 15) is 4.79 Å². The van der Waals surface area contributed by atoms with E-state index in [1.807, 2.05) is 19.1 Å². The summed E-state index contributed by atoms with van der Waals surface area (Å²) in [7, 11) is 0. The van der Waals surface area contributed by atoms with Crippen molar-refractivity contribution in [1.29, 1.82) is 0 Å². The third-order valence-corrected chi connectivity index (χ3v) is 2.18. The van der Waals surface area contributed by atoms with E-state index in [0.29, 0.717) is 22.9 Å². The Morgan fingerprint density at radius 2 is 2.29 bits per heavy atom. The first kappa shape index (κ1) is 13.3. The van der Waals surface area contributed by atoms with Gasteiger partial charge in [0.1, 0.15) is 12.4 Å². The van der Waals surface area contributed by atoms with E-state index < -0.39 is 5.97 Å². The summed E-state index contributed by atoms with van der Waals surface area (Å²) in [5.74, 6) is -0.408. The molecular weight excluding hydrogens is 240 g/mol. The van der Waals surface area contributed by atoms with Crippen molar-refractivity contribution < 1.29 is 14.6 Å². The van der Waals surface area contributed by atoms with E-state index >= 15 is 0 Å². The lowest BCUT2D eigenvalue weighted by Gasteiger charge is -2.07. The van der Waals surface area contributed by atoms with E-state index in [1.165, 1.54) is 6.08 Å². The van der Waals surface area contributed by atoms with Gasteiger partial charge in [-0.1, -0.05) is 23.8 Å². The number of hydrogen-bond donors (Lipinski definition) is 1. The normalized spacial score (nSPS) is 11.2. The van der Waals surface area contributed by atoms with Crippen LogP contribution in [0.15, 0.2) is 36.4 Å². The Hall–Kier alpha value is -1.74. The molecule has 0 aliphatic carbocycles. The van der Waals surface area contributed by atoms with Gasteiger partial charge in [0.2, 0.25) is 0 Å². The minimum Gasteiger partial charge on any atom is -0.489 e. The van der Waals surface area contributed by atoms with Gasteiger partial charge in [-0.2, -0.15) is 0 Å². The van der Waals surface area contributed by atoms with Crippen LogP contribution in [0.4, 0.5) is 0 Å². The smallest absolute Gasteiger partial charge is 0.328 e. The average molecular weight is 253 g/mol. The van der Waals surface area contributed by atoms with Crippen molar-refractivity contribution in [3.63, 3.8) is 0 Å². The predicted molar refractivity (Wildman–Crippen MR) is 68.4 cm³/mol. The Balaban J connectivity index is 2.91. The number of aliphatic carboxylic acids is 1. The predicted octanol–water partition coefficient (Wildman–Crippen LogP) is 3.39. The number of allylic oxidation sites excluding steroid dienone is 1. The van der Waals surface area contributed by atoms with Gasteiger partial charge in [0.05, 0.1) is 0 Å². The van der Waals surface area contributed by atoms with Gasteiger partial charge in [-0.05, 0) is 31.2 Å². The average Bonchev–Trinajstić information content (AvgIpc) is 2.29. The van der Waals surface area contributed by atoms with E-state index in [-0.39, 0.29) is 0 Å². The van der Waals surface area contributed by atoms with Crippen LogP contribution in [0.1, 0.15) is 12.5 Å². The first-order chi connectivity index (χ1) is 8.13. The number of carboxylic acids is 1. The molecule has 0 fully saturated rings. The van der Waals surface area contributed by atoms with Gasteiger partial charge < -0.3 is 9.84 Å². The van der Waals surface area contributed by atoms with E-state index in [0.717, 1.165) is 6.08 Å². The van der Waals surface area contributed by atoms with Crippen LogP contribution in [-0.2, 0) is 4.79 Å². The monoisotopic (exact) mass is 252 g/mol. The summed E-state index contributed by atoms with van der Waals surface area (Å²) in [6.45, 7) is 2.34. The van der Waals surface area contributed by atoms with Crippen molar-refractivity contribution in [1.82, 2.24) is 0 Å². The summed E-state index contributed by atoms with van der Waals surface area (Å²) in [5, 5.41) is 9.11. The number of hydrogen-bond acceptors (Lipinski definition) is 2. The van der Waals surface area contributed by atoms with Crippen molar-refractivity contribution in [3.05, 3.63) is 47.0 Å². The molecule has 0 aliphatic rings. The molecule has 4 heteroatoms. The fraction of sp³-hybridized carbons (Fsp3) is 0.154. The largest absolute Gasteiger partial charge is 0.489 e. The second kappa shape index (κ2) is 6.76. The number of carbonyl (C=O) groups is 1. The molecule has 1 aromatic rings. The summed E-state index contributed by atoms with van der Waals surface area (Å²) < 4.78 is 5.48. The zero-order valence-corrected chi connectivity index (χ0v) is 10.1. The van der Waals surface area contributed by atoms with Crippen LogP contribution in [0, 0.1) is 0 Å². The van der Waals surface area contributed by atoms with Gasteiger partial charge >= 0.3 is 5.97 Å². The molecule has 90 valence electrons. The molecule has 0 bridgehead atoms. The highest BCUT2D eigenvalue weighted by molar-refractivity contribution is 6.30. The molecule has 0 amide bonds. The minimum absolute atomic E-state index is 0.437. The van der Waals surface area contributed by atoms with Gasteiger partial charge in [-0.3, -0.25) is 0 Å². The van der Waals surface area contributed by atoms with Crippen molar-refractivity contribution >= 4 is 23.6 Å². The molecule has 0 atom stereocenters. The zero-order valence-electron chi connectivity index (χ0n) is 9.39. The highest BCUT2D eigenvalue weighted by atomic mass is 35.5. The summed E-state index contributed by atoms with van der Waals surface area (Å²) in [6.07, 6.45) is 6.25. The molecule has 17 heavy (non-hydrogen) atoms. The fourth-order valence-electron chi connectivity index (χ4n) is 1.18. The molecular formula is C13H13ClO3. The Kier molecular flexibility index (Phi) is 5.30. The minimum atomic E-state index is -1.01. The number of benzene rings is 1. The molecule has 0 spiro atoms.